The molecule has 0 fully saturated rings. The van der Waals surface area contributed by atoms with Crippen molar-refractivity contribution >= 4 is 34.7 Å². The fraction of sp³-hybridized carbons (Fsp3) is 0.174. The summed E-state index contributed by atoms with van der Waals surface area (Å²) in [5.41, 5.74) is 5.66. The summed E-state index contributed by atoms with van der Waals surface area (Å²) in [7, 11) is 0. The average Bonchev–Trinajstić information content (AvgIpc) is 3.17. The zero-order valence-corrected chi connectivity index (χ0v) is 19.0. The maximum absolute atomic E-state index is 12.3. The molecule has 6 nitrogen and oxygen atoms in total. The second kappa shape index (κ2) is 9.36. The SMILES string of the molecule is Cc1ccc(C)c(NC(=O)CSc2ccc(-c3sc(-c4cccnc4)nc3C)nn2)c1. The van der Waals surface area contributed by atoms with Gasteiger partial charge in [-0.15, -0.1) is 21.5 Å². The van der Waals surface area contributed by atoms with Crippen LogP contribution in [0.4, 0.5) is 5.69 Å². The van der Waals surface area contributed by atoms with Crippen molar-refractivity contribution in [3.63, 3.8) is 0 Å². The summed E-state index contributed by atoms with van der Waals surface area (Å²) in [5, 5.41) is 13.2. The molecule has 8 heteroatoms. The summed E-state index contributed by atoms with van der Waals surface area (Å²) in [5.74, 6) is 0.204. The fourth-order valence-electron chi connectivity index (χ4n) is 2.96. The number of rotatable bonds is 6. The van der Waals surface area contributed by atoms with E-state index in [0.29, 0.717) is 5.03 Å². The van der Waals surface area contributed by atoms with E-state index in [4.69, 9.17) is 0 Å². The molecule has 3 aromatic heterocycles. The standard InChI is InChI=1S/C23H21N5OS2/c1-14-6-7-15(2)19(11-14)26-20(29)13-30-21-9-8-18(27-28-21)22-16(3)25-23(31-22)17-5-4-10-24-12-17/h4-12H,13H2,1-3H3,(H,26,29). The lowest BCUT2D eigenvalue weighted by Gasteiger charge is -2.09. The number of nitrogens with zero attached hydrogens (tertiary/aromatic N) is 4. The molecule has 0 spiro atoms. The number of amides is 1. The fourth-order valence-corrected chi connectivity index (χ4v) is 4.60. The Hall–Kier alpha value is -3.10. The van der Waals surface area contributed by atoms with Gasteiger partial charge in [0.2, 0.25) is 5.91 Å². The first-order valence-corrected chi connectivity index (χ1v) is 11.5. The number of carbonyl (C=O) groups excluding carboxylic acids is 1. The molecular formula is C23H21N5OS2. The van der Waals surface area contributed by atoms with Gasteiger partial charge >= 0.3 is 0 Å². The van der Waals surface area contributed by atoms with Gasteiger partial charge in [-0.25, -0.2) is 4.98 Å². The monoisotopic (exact) mass is 447 g/mol. The third kappa shape index (κ3) is 5.15. The third-order valence-corrected chi connectivity index (χ3v) is 6.75. The molecule has 1 amide bonds. The Bertz CT molecular complexity index is 1210. The number of pyridine rings is 1. The topological polar surface area (TPSA) is 80.7 Å². The molecule has 1 aromatic carbocycles. The molecule has 0 unspecified atom stereocenters. The normalized spacial score (nSPS) is 10.8. The van der Waals surface area contributed by atoms with Gasteiger partial charge in [-0.1, -0.05) is 23.9 Å². The van der Waals surface area contributed by atoms with Crippen molar-refractivity contribution in [3.05, 3.63) is 71.7 Å². The summed E-state index contributed by atoms with van der Waals surface area (Å²) in [6, 6.07) is 13.7. The first-order valence-electron chi connectivity index (χ1n) is 9.71. The molecule has 1 N–H and O–H groups in total. The number of thioether (sulfide) groups is 1. The summed E-state index contributed by atoms with van der Waals surface area (Å²) in [6.07, 6.45) is 3.55. The predicted molar refractivity (Wildman–Crippen MR) is 126 cm³/mol. The molecule has 0 aliphatic carbocycles. The van der Waals surface area contributed by atoms with Gasteiger partial charge in [0.25, 0.3) is 0 Å². The van der Waals surface area contributed by atoms with E-state index in [0.717, 1.165) is 43.7 Å². The number of carbonyl (C=O) groups is 1. The molecule has 0 atom stereocenters. The van der Waals surface area contributed by atoms with Crippen molar-refractivity contribution in [3.8, 4) is 21.1 Å². The van der Waals surface area contributed by atoms with Crippen molar-refractivity contribution in [1.29, 1.82) is 0 Å². The zero-order valence-electron chi connectivity index (χ0n) is 17.4. The van der Waals surface area contributed by atoms with Crippen molar-refractivity contribution in [1.82, 2.24) is 20.2 Å². The number of aryl methyl sites for hydroxylation is 3. The Morgan fingerprint density at radius 1 is 1.10 bits per heavy atom. The molecule has 31 heavy (non-hydrogen) atoms. The lowest BCUT2D eigenvalue weighted by Crippen LogP contribution is -2.15. The first-order chi connectivity index (χ1) is 15.0. The summed E-state index contributed by atoms with van der Waals surface area (Å²) >= 11 is 2.93. The van der Waals surface area contributed by atoms with Crippen LogP contribution in [-0.2, 0) is 4.79 Å². The molecule has 4 aromatic rings. The number of hydrogen-bond acceptors (Lipinski definition) is 7. The number of thiazole rings is 1. The maximum atomic E-state index is 12.3. The minimum atomic E-state index is -0.0657. The maximum Gasteiger partial charge on any atom is 0.234 e. The molecule has 4 rings (SSSR count). The highest BCUT2D eigenvalue weighted by Gasteiger charge is 2.14. The number of aromatic nitrogens is 4. The van der Waals surface area contributed by atoms with Gasteiger partial charge < -0.3 is 5.32 Å². The van der Waals surface area contributed by atoms with Gasteiger partial charge in [-0.3, -0.25) is 9.78 Å². The number of benzene rings is 1. The van der Waals surface area contributed by atoms with Crippen molar-refractivity contribution in [2.75, 3.05) is 11.1 Å². The summed E-state index contributed by atoms with van der Waals surface area (Å²) < 4.78 is 0. The van der Waals surface area contributed by atoms with E-state index in [2.05, 4.69) is 25.5 Å². The molecule has 0 saturated heterocycles. The van der Waals surface area contributed by atoms with E-state index in [1.54, 1.807) is 23.7 Å². The average molecular weight is 448 g/mol. The van der Waals surface area contributed by atoms with Crippen LogP contribution in [0.15, 0.2) is 59.9 Å². The molecule has 0 aliphatic heterocycles. The molecule has 156 valence electrons. The minimum Gasteiger partial charge on any atom is -0.325 e. The molecule has 3 heterocycles. The highest BCUT2D eigenvalue weighted by atomic mass is 32.2. The molecular weight excluding hydrogens is 426 g/mol. The van der Waals surface area contributed by atoms with Gasteiger partial charge in [0.15, 0.2) is 0 Å². The highest BCUT2D eigenvalue weighted by molar-refractivity contribution is 7.99. The lowest BCUT2D eigenvalue weighted by atomic mass is 10.1. The predicted octanol–water partition coefficient (Wildman–Crippen LogP) is 5.32. The van der Waals surface area contributed by atoms with Crippen molar-refractivity contribution in [2.24, 2.45) is 0 Å². The number of nitrogens with one attached hydrogen (secondary N) is 1. The van der Waals surface area contributed by atoms with Crippen LogP contribution in [0, 0.1) is 20.8 Å². The Balaban J connectivity index is 1.40. The molecule has 0 saturated carbocycles. The van der Waals surface area contributed by atoms with Gasteiger partial charge in [-0.2, -0.15) is 0 Å². The second-order valence-electron chi connectivity index (χ2n) is 7.09. The van der Waals surface area contributed by atoms with Crippen LogP contribution in [0.5, 0.6) is 0 Å². The van der Waals surface area contributed by atoms with Crippen LogP contribution in [0.2, 0.25) is 0 Å². The minimum absolute atomic E-state index is 0.0657. The van der Waals surface area contributed by atoms with Crippen molar-refractivity contribution < 1.29 is 4.79 Å². The quantitative estimate of drug-likeness (QED) is 0.403. The second-order valence-corrected chi connectivity index (χ2v) is 9.08. The van der Waals surface area contributed by atoms with Gasteiger partial charge in [0, 0.05) is 23.6 Å². The van der Waals surface area contributed by atoms with E-state index in [1.807, 2.05) is 63.2 Å². The van der Waals surface area contributed by atoms with Crippen LogP contribution >= 0.6 is 23.1 Å². The Morgan fingerprint density at radius 3 is 2.71 bits per heavy atom. The van der Waals surface area contributed by atoms with Gasteiger partial charge in [-0.05, 0) is 62.2 Å². The smallest absolute Gasteiger partial charge is 0.234 e. The van der Waals surface area contributed by atoms with E-state index in [-0.39, 0.29) is 11.7 Å². The van der Waals surface area contributed by atoms with E-state index in [9.17, 15) is 4.79 Å². The number of anilines is 1. The Kier molecular flexibility index (Phi) is 6.39. The molecule has 0 bridgehead atoms. The Morgan fingerprint density at radius 2 is 1.97 bits per heavy atom. The lowest BCUT2D eigenvalue weighted by molar-refractivity contribution is -0.113. The van der Waals surface area contributed by atoms with E-state index >= 15 is 0 Å². The van der Waals surface area contributed by atoms with E-state index < -0.39 is 0 Å². The van der Waals surface area contributed by atoms with Gasteiger partial charge in [0.05, 0.1) is 16.3 Å². The third-order valence-electron chi connectivity index (χ3n) is 4.60. The summed E-state index contributed by atoms with van der Waals surface area (Å²) in [6.45, 7) is 5.95. The van der Waals surface area contributed by atoms with Crippen molar-refractivity contribution in [2.45, 2.75) is 25.8 Å². The van der Waals surface area contributed by atoms with Crippen LogP contribution in [-0.4, -0.2) is 31.8 Å². The number of hydrogen-bond donors (Lipinski definition) is 1. The largest absolute Gasteiger partial charge is 0.325 e. The molecule has 0 aliphatic rings. The van der Waals surface area contributed by atoms with Crippen LogP contribution in [0.1, 0.15) is 16.8 Å². The van der Waals surface area contributed by atoms with Crippen LogP contribution in [0.25, 0.3) is 21.1 Å². The molecule has 0 radical (unpaired) electrons. The van der Waals surface area contributed by atoms with Gasteiger partial charge in [0.1, 0.15) is 15.7 Å². The zero-order chi connectivity index (χ0) is 21.8. The Labute approximate surface area is 189 Å². The van der Waals surface area contributed by atoms with Crippen LogP contribution < -0.4 is 5.32 Å². The highest BCUT2D eigenvalue weighted by Crippen LogP contribution is 2.34. The first kappa shape index (κ1) is 21.1. The van der Waals surface area contributed by atoms with E-state index in [1.165, 1.54) is 11.8 Å². The van der Waals surface area contributed by atoms with Crippen LogP contribution in [0.3, 0.4) is 0 Å². The summed E-state index contributed by atoms with van der Waals surface area (Å²) in [4.78, 5) is 22.1.